The summed E-state index contributed by atoms with van der Waals surface area (Å²) in [5, 5.41) is 0. The minimum atomic E-state index is -3.09. The molecule has 0 aliphatic carbocycles. The predicted molar refractivity (Wildman–Crippen MR) is 50.1 cm³/mol. The molecule has 68 valence electrons. The normalized spacial score (nSPS) is 17.9. The lowest BCUT2D eigenvalue weighted by Gasteiger charge is -2.22. The molecule has 0 saturated heterocycles. The van der Waals surface area contributed by atoms with Crippen molar-refractivity contribution in [2.75, 3.05) is 12.8 Å². The molecule has 0 heterocycles. The van der Waals surface area contributed by atoms with Crippen LogP contribution in [0.3, 0.4) is 0 Å². The van der Waals surface area contributed by atoms with Crippen molar-refractivity contribution >= 4 is 42.2 Å². The van der Waals surface area contributed by atoms with Gasteiger partial charge in [0.05, 0.1) is 6.61 Å². The minimum Gasteiger partial charge on any atom is -0.326 e. The average Bonchev–Trinajstić information content (AvgIpc) is 1.86. The van der Waals surface area contributed by atoms with Gasteiger partial charge in [0, 0.05) is 6.16 Å². The van der Waals surface area contributed by atoms with Crippen molar-refractivity contribution in [3.63, 3.8) is 0 Å². The van der Waals surface area contributed by atoms with E-state index in [0.717, 1.165) is 0 Å². The summed E-state index contributed by atoms with van der Waals surface area (Å²) in [5.74, 6) is 0. The van der Waals surface area contributed by atoms with E-state index in [0.29, 0.717) is 6.61 Å². The third kappa shape index (κ3) is 3.12. The Morgan fingerprint density at radius 3 is 1.91 bits per heavy atom. The smallest absolute Gasteiger partial charge is 0.266 e. The van der Waals surface area contributed by atoms with Gasteiger partial charge in [0.2, 0.25) is 0 Å². The quantitative estimate of drug-likeness (QED) is 0.555. The predicted octanol–water partition coefficient (Wildman–Crippen LogP) is 3.65. The van der Waals surface area contributed by atoms with E-state index in [-0.39, 0.29) is 6.16 Å². The molecule has 0 amide bonds. The van der Waals surface area contributed by atoms with Crippen molar-refractivity contribution in [3.05, 3.63) is 0 Å². The Kier molecular flexibility index (Phi) is 4.76. The van der Waals surface area contributed by atoms with Crippen LogP contribution in [0.1, 0.15) is 13.8 Å². The molecule has 0 bridgehead atoms. The Morgan fingerprint density at radius 1 is 1.36 bits per heavy atom. The molecule has 0 aliphatic rings. The Labute approximate surface area is 81.6 Å². The summed E-state index contributed by atoms with van der Waals surface area (Å²) in [6.45, 7) is 3.66. The van der Waals surface area contributed by atoms with Crippen molar-refractivity contribution in [2.45, 2.75) is 17.4 Å². The Balaban J connectivity index is 4.48. The minimum absolute atomic E-state index is 0.233. The van der Waals surface area contributed by atoms with Crippen LogP contribution in [0.4, 0.5) is 0 Å². The number of alkyl halides is 3. The van der Waals surface area contributed by atoms with Crippen LogP contribution in [0.25, 0.3) is 0 Å². The number of rotatable bonds is 3. The van der Waals surface area contributed by atoms with Gasteiger partial charge in [-0.25, -0.2) is 0 Å². The van der Waals surface area contributed by atoms with E-state index in [4.69, 9.17) is 39.3 Å². The lowest BCUT2D eigenvalue weighted by atomic mass is 10.9. The second-order valence-corrected chi connectivity index (χ2v) is 7.86. The zero-order valence-corrected chi connectivity index (χ0v) is 9.47. The molecule has 1 unspecified atom stereocenters. The lowest BCUT2D eigenvalue weighted by Crippen LogP contribution is -2.09. The van der Waals surface area contributed by atoms with Crippen LogP contribution in [0.5, 0.6) is 0 Å². The fraction of sp³-hybridized carbons (Fsp3) is 1.00. The van der Waals surface area contributed by atoms with Crippen LogP contribution in [0.2, 0.25) is 0 Å². The molecule has 11 heavy (non-hydrogen) atoms. The summed E-state index contributed by atoms with van der Waals surface area (Å²) >= 11 is 16.4. The summed E-state index contributed by atoms with van der Waals surface area (Å²) < 4.78 is 14.7. The first-order chi connectivity index (χ1) is 4.87. The van der Waals surface area contributed by atoms with Crippen LogP contribution in [0.15, 0.2) is 0 Å². The number of halogens is 3. The van der Waals surface area contributed by atoms with Gasteiger partial charge < -0.3 is 4.52 Å². The zero-order valence-electron chi connectivity index (χ0n) is 6.31. The molecule has 0 N–H and O–H groups in total. The molecular weight excluding hydrogens is 229 g/mol. The third-order valence-corrected chi connectivity index (χ3v) is 5.74. The van der Waals surface area contributed by atoms with Gasteiger partial charge in [-0.05, 0) is 6.92 Å². The fourth-order valence-electron chi connectivity index (χ4n) is 0.552. The van der Waals surface area contributed by atoms with Gasteiger partial charge in [0.1, 0.15) is 0 Å². The highest BCUT2D eigenvalue weighted by molar-refractivity contribution is 7.67. The highest BCUT2D eigenvalue weighted by atomic mass is 35.6. The van der Waals surface area contributed by atoms with E-state index in [1.54, 1.807) is 13.8 Å². The Hall–Kier alpha value is 1.06. The molecule has 0 spiro atoms. The standard InChI is InChI=1S/C5H10Cl3O2P/c1-3-10-11(9,4-2)5(6,7)8/h3-4H2,1-2H3. The molecule has 0 aromatic rings. The summed E-state index contributed by atoms with van der Waals surface area (Å²) in [6, 6.07) is 0. The van der Waals surface area contributed by atoms with Crippen molar-refractivity contribution in [2.24, 2.45) is 0 Å². The molecule has 0 fully saturated rings. The van der Waals surface area contributed by atoms with E-state index in [1.165, 1.54) is 0 Å². The second kappa shape index (κ2) is 4.34. The molecule has 0 aromatic heterocycles. The van der Waals surface area contributed by atoms with E-state index >= 15 is 0 Å². The van der Waals surface area contributed by atoms with Gasteiger partial charge in [-0.2, -0.15) is 0 Å². The van der Waals surface area contributed by atoms with Crippen LogP contribution in [0, 0.1) is 0 Å². The maximum absolute atomic E-state index is 11.6. The van der Waals surface area contributed by atoms with Crippen LogP contribution in [-0.2, 0) is 9.09 Å². The van der Waals surface area contributed by atoms with Crippen molar-refractivity contribution < 1.29 is 9.09 Å². The SMILES string of the molecule is CCOP(=O)(CC)C(Cl)(Cl)Cl. The van der Waals surface area contributed by atoms with Gasteiger partial charge in [-0.1, -0.05) is 41.7 Å². The van der Waals surface area contributed by atoms with Crippen molar-refractivity contribution in [3.8, 4) is 0 Å². The molecule has 2 nitrogen and oxygen atoms in total. The van der Waals surface area contributed by atoms with E-state index in [2.05, 4.69) is 0 Å². The van der Waals surface area contributed by atoms with Gasteiger partial charge in [-0.3, -0.25) is 4.57 Å². The number of hydrogen-bond acceptors (Lipinski definition) is 2. The molecule has 0 rings (SSSR count). The lowest BCUT2D eigenvalue weighted by molar-refractivity contribution is 0.333. The second-order valence-electron chi connectivity index (χ2n) is 1.88. The summed E-state index contributed by atoms with van der Waals surface area (Å²) in [6.07, 6.45) is 0.233. The maximum Gasteiger partial charge on any atom is 0.266 e. The maximum atomic E-state index is 11.6. The van der Waals surface area contributed by atoms with E-state index < -0.39 is 10.9 Å². The molecule has 6 heteroatoms. The van der Waals surface area contributed by atoms with Crippen LogP contribution in [-0.4, -0.2) is 16.3 Å². The fourth-order valence-corrected chi connectivity index (χ4v) is 3.17. The van der Waals surface area contributed by atoms with E-state index in [9.17, 15) is 4.57 Å². The molecule has 1 atom stereocenters. The van der Waals surface area contributed by atoms with Gasteiger partial charge in [0.15, 0.2) is 0 Å². The van der Waals surface area contributed by atoms with E-state index in [1.807, 2.05) is 0 Å². The molecule has 0 radical (unpaired) electrons. The first kappa shape index (κ1) is 12.1. The van der Waals surface area contributed by atoms with Gasteiger partial charge in [0.25, 0.3) is 10.9 Å². The largest absolute Gasteiger partial charge is 0.326 e. The highest BCUT2D eigenvalue weighted by Crippen LogP contribution is 2.65. The zero-order chi connectivity index (χ0) is 9.12. The number of hydrogen-bond donors (Lipinski definition) is 0. The molecule has 0 aliphatic heterocycles. The summed E-state index contributed by atoms with van der Waals surface area (Å²) in [7, 11) is -3.09. The monoisotopic (exact) mass is 238 g/mol. The topological polar surface area (TPSA) is 26.3 Å². The summed E-state index contributed by atoms with van der Waals surface area (Å²) in [5.41, 5.74) is 0. The van der Waals surface area contributed by atoms with Crippen LogP contribution >= 0.6 is 42.2 Å². The average molecular weight is 239 g/mol. The van der Waals surface area contributed by atoms with Gasteiger partial charge >= 0.3 is 0 Å². The Bertz CT molecular complexity index is 166. The first-order valence-corrected chi connectivity index (χ1v) is 6.12. The highest BCUT2D eigenvalue weighted by Gasteiger charge is 2.43. The van der Waals surface area contributed by atoms with Crippen LogP contribution < -0.4 is 0 Å². The molecule has 0 aromatic carbocycles. The van der Waals surface area contributed by atoms with Crippen molar-refractivity contribution in [1.29, 1.82) is 0 Å². The first-order valence-electron chi connectivity index (χ1n) is 3.17. The summed E-state index contributed by atoms with van der Waals surface area (Å²) in [4.78, 5) is 0. The van der Waals surface area contributed by atoms with Gasteiger partial charge in [-0.15, -0.1) is 0 Å². The van der Waals surface area contributed by atoms with Crippen molar-refractivity contribution in [1.82, 2.24) is 0 Å². The molecule has 0 saturated carbocycles. The third-order valence-electron chi connectivity index (χ3n) is 1.14. The Morgan fingerprint density at radius 2 is 1.82 bits per heavy atom. The molecular formula is C5H10Cl3O2P.